The summed E-state index contributed by atoms with van der Waals surface area (Å²) in [6.45, 7) is 5.79. The second kappa shape index (κ2) is 8.22. The molecule has 0 unspecified atom stereocenters. The number of rotatable bonds is 4. The number of hydrogen-bond donors (Lipinski definition) is 0. The van der Waals surface area contributed by atoms with Gasteiger partial charge in [-0.3, -0.25) is 9.59 Å². The number of aryl methyl sites for hydroxylation is 2. The van der Waals surface area contributed by atoms with Gasteiger partial charge in [0.1, 0.15) is 0 Å². The lowest BCUT2D eigenvalue weighted by Crippen LogP contribution is -2.13. The number of benzene rings is 3. The second-order valence-corrected chi connectivity index (χ2v) is 8.93. The van der Waals surface area contributed by atoms with Crippen molar-refractivity contribution in [2.75, 3.05) is 0 Å². The van der Waals surface area contributed by atoms with Crippen molar-refractivity contribution in [1.29, 1.82) is 0 Å². The zero-order valence-electron chi connectivity index (χ0n) is 18.6. The molecule has 2 heterocycles. The van der Waals surface area contributed by atoms with Crippen molar-refractivity contribution in [3.63, 3.8) is 0 Å². The molecule has 0 amide bonds. The fourth-order valence-electron chi connectivity index (χ4n) is 4.39. The quantitative estimate of drug-likeness (QED) is 0.200. The van der Waals surface area contributed by atoms with Crippen LogP contribution in [-0.2, 0) is 16.2 Å². The van der Waals surface area contributed by atoms with Crippen molar-refractivity contribution < 1.29 is 24.0 Å². The van der Waals surface area contributed by atoms with Crippen LogP contribution in [0.3, 0.4) is 0 Å². The summed E-state index contributed by atoms with van der Waals surface area (Å²) in [5.41, 5.74) is 4.13. The first-order chi connectivity index (χ1) is 16.3. The molecule has 0 fully saturated rings. The van der Waals surface area contributed by atoms with E-state index in [2.05, 4.69) is 30.5 Å². The van der Waals surface area contributed by atoms with Gasteiger partial charge in [-0.25, -0.2) is 4.79 Å². The van der Waals surface area contributed by atoms with Crippen LogP contribution in [0.25, 0.3) is 21.8 Å². The van der Waals surface area contributed by atoms with Crippen LogP contribution in [-0.4, -0.2) is 28.0 Å². The molecule has 4 aromatic rings. The Morgan fingerprint density at radius 3 is 2.56 bits per heavy atom. The van der Waals surface area contributed by atoms with Crippen LogP contribution >= 0.6 is 15.9 Å². The Bertz CT molecular complexity index is 1580. The molecule has 5 rings (SSSR count). The highest BCUT2D eigenvalue weighted by Crippen LogP contribution is 2.41. The average molecular weight is 519 g/mol. The van der Waals surface area contributed by atoms with Crippen LogP contribution < -0.4 is 4.74 Å². The van der Waals surface area contributed by atoms with Crippen molar-refractivity contribution in [2.45, 2.75) is 27.3 Å². The maximum Gasteiger partial charge on any atom is 0.332 e. The SMILES string of the molecule is CCn1c2ccc(C(=O)c3ccc(Br)cc3C)cc2c2c3c(ccc21)C(=O)/C(=N/OC(C)=O)O3. The lowest BCUT2D eigenvalue weighted by atomic mass is 9.97. The zero-order valence-corrected chi connectivity index (χ0v) is 20.2. The van der Waals surface area contributed by atoms with Gasteiger partial charge in [-0.05, 0) is 73.1 Å². The Morgan fingerprint density at radius 1 is 1.09 bits per heavy atom. The first kappa shape index (κ1) is 22.0. The van der Waals surface area contributed by atoms with Gasteiger partial charge < -0.3 is 14.1 Å². The van der Waals surface area contributed by atoms with Gasteiger partial charge in [0.15, 0.2) is 11.5 Å². The van der Waals surface area contributed by atoms with Crippen LogP contribution in [0.4, 0.5) is 0 Å². The Morgan fingerprint density at radius 2 is 1.85 bits per heavy atom. The lowest BCUT2D eigenvalue weighted by Gasteiger charge is -2.07. The van der Waals surface area contributed by atoms with Crippen LogP contribution in [0.15, 0.2) is 58.2 Å². The second-order valence-electron chi connectivity index (χ2n) is 8.01. The maximum atomic E-state index is 13.3. The number of ketones is 2. The smallest absolute Gasteiger partial charge is 0.332 e. The number of ether oxygens (including phenoxy) is 1. The molecule has 8 heteroatoms. The number of halogens is 1. The Kier molecular flexibility index (Phi) is 5.32. The maximum absolute atomic E-state index is 13.3. The topological polar surface area (TPSA) is 87.0 Å². The predicted molar refractivity (Wildman–Crippen MR) is 132 cm³/mol. The highest BCUT2D eigenvalue weighted by molar-refractivity contribution is 9.10. The molecule has 170 valence electrons. The molecular weight excluding hydrogens is 500 g/mol. The number of hydrogen-bond acceptors (Lipinski definition) is 6. The van der Waals surface area contributed by atoms with Gasteiger partial charge in [-0.1, -0.05) is 15.9 Å². The molecule has 1 aliphatic rings. The molecule has 0 bridgehead atoms. The third kappa shape index (κ3) is 3.42. The van der Waals surface area contributed by atoms with Gasteiger partial charge in [0.05, 0.1) is 16.5 Å². The first-order valence-corrected chi connectivity index (χ1v) is 11.5. The van der Waals surface area contributed by atoms with Crippen LogP contribution in [0.1, 0.15) is 45.7 Å². The fraction of sp³-hybridized carbons (Fsp3) is 0.154. The standard InChI is InChI=1S/C26H19BrN2O5/c1-4-29-20-9-5-15(23(31)17-7-6-16(27)11-13(17)2)12-19(20)22-21(29)10-8-18-24(32)26(33-25(18)22)28-34-14(3)30/h5-12H,4H2,1-3H3/b28-26-. The van der Waals surface area contributed by atoms with Crippen LogP contribution in [0, 0.1) is 6.92 Å². The molecule has 1 aliphatic heterocycles. The Balaban J connectivity index is 1.71. The van der Waals surface area contributed by atoms with Crippen molar-refractivity contribution in [3.05, 3.63) is 75.3 Å². The van der Waals surface area contributed by atoms with E-state index < -0.39 is 11.8 Å². The molecule has 0 spiro atoms. The molecule has 0 aliphatic carbocycles. The highest BCUT2D eigenvalue weighted by atomic mass is 79.9. The van der Waals surface area contributed by atoms with Gasteiger partial charge in [-0.15, -0.1) is 0 Å². The molecule has 0 radical (unpaired) electrons. The van der Waals surface area contributed by atoms with E-state index in [1.165, 1.54) is 6.92 Å². The van der Waals surface area contributed by atoms with Crippen molar-refractivity contribution in [2.24, 2.45) is 5.16 Å². The van der Waals surface area contributed by atoms with E-state index in [9.17, 15) is 14.4 Å². The normalized spacial score (nSPS) is 14.0. The number of fused-ring (bicyclic) bond motifs is 5. The van der Waals surface area contributed by atoms with Crippen molar-refractivity contribution in [1.82, 2.24) is 4.57 Å². The first-order valence-electron chi connectivity index (χ1n) is 10.7. The highest BCUT2D eigenvalue weighted by Gasteiger charge is 2.33. The number of carbonyl (C=O) groups is 3. The minimum atomic E-state index is -0.654. The van der Waals surface area contributed by atoms with Gasteiger partial charge in [0, 0.05) is 40.0 Å². The van der Waals surface area contributed by atoms with Crippen molar-refractivity contribution in [3.8, 4) is 5.75 Å². The van der Waals surface area contributed by atoms with E-state index in [4.69, 9.17) is 4.74 Å². The summed E-state index contributed by atoms with van der Waals surface area (Å²) in [5.74, 6) is -1.17. The van der Waals surface area contributed by atoms with Crippen LogP contribution in [0.2, 0.25) is 0 Å². The molecule has 7 nitrogen and oxygen atoms in total. The lowest BCUT2D eigenvalue weighted by molar-refractivity contribution is -0.141. The summed E-state index contributed by atoms with van der Waals surface area (Å²) >= 11 is 3.44. The zero-order chi connectivity index (χ0) is 24.1. The minimum absolute atomic E-state index is 0.0917. The van der Waals surface area contributed by atoms with E-state index >= 15 is 0 Å². The van der Waals surface area contributed by atoms with Crippen LogP contribution in [0.5, 0.6) is 5.75 Å². The van der Waals surface area contributed by atoms with E-state index in [1.807, 2.05) is 50.2 Å². The average Bonchev–Trinajstić information content (AvgIpc) is 3.30. The van der Waals surface area contributed by atoms with E-state index in [-0.39, 0.29) is 11.7 Å². The monoisotopic (exact) mass is 518 g/mol. The largest absolute Gasteiger partial charge is 0.432 e. The number of Topliss-reactive ketones (excluding diaryl/α,β-unsaturated/α-hetero) is 1. The molecule has 3 aromatic carbocycles. The molecule has 34 heavy (non-hydrogen) atoms. The van der Waals surface area contributed by atoms with Crippen molar-refractivity contribution >= 4 is 61.2 Å². The van der Waals surface area contributed by atoms with Gasteiger partial charge >= 0.3 is 11.9 Å². The summed E-state index contributed by atoms with van der Waals surface area (Å²) in [6, 6.07) is 14.7. The van der Waals surface area contributed by atoms with Gasteiger partial charge in [0.25, 0.3) is 5.78 Å². The molecule has 0 saturated heterocycles. The van der Waals surface area contributed by atoms with E-state index in [0.717, 1.165) is 26.5 Å². The third-order valence-electron chi connectivity index (χ3n) is 5.89. The summed E-state index contributed by atoms with van der Waals surface area (Å²) in [7, 11) is 0. The molecule has 0 N–H and O–H groups in total. The fourth-order valence-corrected chi connectivity index (χ4v) is 4.86. The van der Waals surface area contributed by atoms with E-state index in [0.29, 0.717) is 34.4 Å². The molecule has 1 aromatic heterocycles. The summed E-state index contributed by atoms with van der Waals surface area (Å²) in [6.07, 6.45) is 0. The molecule has 0 saturated carbocycles. The van der Waals surface area contributed by atoms with Gasteiger partial charge in [0.2, 0.25) is 0 Å². The summed E-state index contributed by atoms with van der Waals surface area (Å²) < 4.78 is 8.79. The predicted octanol–water partition coefficient (Wildman–Crippen LogP) is 5.57. The number of aromatic nitrogens is 1. The number of nitrogens with zero attached hydrogens (tertiary/aromatic N) is 2. The van der Waals surface area contributed by atoms with E-state index in [1.54, 1.807) is 12.1 Å². The molecular formula is C26H19BrN2O5. The Labute approximate surface area is 203 Å². The Hall–Kier alpha value is -3.78. The number of carbonyl (C=O) groups excluding carboxylic acids is 3. The third-order valence-corrected chi connectivity index (χ3v) is 6.38. The van der Waals surface area contributed by atoms with Gasteiger partial charge in [-0.2, -0.15) is 0 Å². The summed E-state index contributed by atoms with van der Waals surface area (Å²) in [4.78, 5) is 41.9. The molecule has 0 atom stereocenters. The minimum Gasteiger partial charge on any atom is -0.432 e. The summed E-state index contributed by atoms with van der Waals surface area (Å²) in [5, 5.41) is 5.06. The number of oxime groups is 1.